The molecule has 0 radical (unpaired) electrons. The Morgan fingerprint density at radius 3 is 2.39 bits per heavy atom. The average Bonchev–Trinajstić information content (AvgIpc) is 3.15. The molecule has 4 aromatic rings. The van der Waals surface area contributed by atoms with Gasteiger partial charge in [0.15, 0.2) is 0 Å². The molecule has 0 spiro atoms. The number of carbonyl (C=O) groups excluding carboxylic acids is 1. The number of aromatic nitrogens is 3. The van der Waals surface area contributed by atoms with Gasteiger partial charge in [-0.1, -0.05) is 41.6 Å². The third-order valence-electron chi connectivity index (χ3n) is 4.47. The van der Waals surface area contributed by atoms with Crippen LogP contribution in [0.3, 0.4) is 0 Å². The highest BCUT2D eigenvalue weighted by Crippen LogP contribution is 2.27. The first-order valence-corrected chi connectivity index (χ1v) is 8.86. The molecule has 0 fully saturated rings. The summed E-state index contributed by atoms with van der Waals surface area (Å²) in [6, 6.07) is 16.8. The Morgan fingerprint density at radius 2 is 1.68 bits per heavy atom. The fraction of sp³-hybridized carbons (Fsp3) is 0.0909. The molecule has 0 bridgehead atoms. The Bertz CT molecular complexity index is 1020. The molecule has 4 rings (SSSR count). The van der Waals surface area contributed by atoms with Gasteiger partial charge >= 0.3 is 0 Å². The van der Waals surface area contributed by atoms with Crippen molar-refractivity contribution in [2.45, 2.75) is 13.0 Å². The summed E-state index contributed by atoms with van der Waals surface area (Å²) < 4.78 is 5.32. The Labute approximate surface area is 162 Å². The van der Waals surface area contributed by atoms with Crippen LogP contribution in [-0.4, -0.2) is 21.0 Å². The minimum absolute atomic E-state index is 0.261. The van der Waals surface area contributed by atoms with Crippen molar-refractivity contribution in [3.63, 3.8) is 0 Å². The summed E-state index contributed by atoms with van der Waals surface area (Å²) in [5.74, 6) is 0.200. The van der Waals surface area contributed by atoms with Crippen LogP contribution in [-0.2, 0) is 0 Å². The monoisotopic (exact) mass is 370 g/mol. The molecule has 0 saturated heterocycles. The van der Waals surface area contributed by atoms with Crippen molar-refractivity contribution >= 4 is 5.91 Å². The number of aryl methyl sites for hydroxylation is 1. The number of carbonyl (C=O) groups is 1. The van der Waals surface area contributed by atoms with E-state index < -0.39 is 0 Å². The molecule has 0 aliphatic rings. The molecule has 3 aromatic heterocycles. The van der Waals surface area contributed by atoms with Crippen LogP contribution in [0.1, 0.15) is 33.3 Å². The summed E-state index contributed by atoms with van der Waals surface area (Å²) in [4.78, 5) is 21.4. The van der Waals surface area contributed by atoms with Gasteiger partial charge in [0.25, 0.3) is 5.91 Å². The Morgan fingerprint density at radius 1 is 0.929 bits per heavy atom. The molecule has 1 aromatic carbocycles. The summed E-state index contributed by atoms with van der Waals surface area (Å²) in [7, 11) is 0. The second-order valence-corrected chi connectivity index (χ2v) is 6.30. The van der Waals surface area contributed by atoms with Gasteiger partial charge in [-0.15, -0.1) is 0 Å². The molecule has 138 valence electrons. The standard InChI is InChI=1S/C22H18N4O2/c1-15-19(21(26-28-15)17-9-12-23-13-10-17)22(27)25-20(16-6-3-2-4-7-16)18-8-5-11-24-14-18/h2-14,20H,1H3,(H,25,27). The van der Waals surface area contributed by atoms with E-state index >= 15 is 0 Å². The predicted octanol–water partition coefficient (Wildman–Crippen LogP) is 3.96. The van der Waals surface area contributed by atoms with E-state index in [1.54, 1.807) is 43.8 Å². The lowest BCUT2D eigenvalue weighted by atomic mass is 9.99. The quantitative estimate of drug-likeness (QED) is 0.575. The third kappa shape index (κ3) is 3.53. The zero-order valence-corrected chi connectivity index (χ0v) is 15.2. The molecule has 1 unspecified atom stereocenters. The molecule has 28 heavy (non-hydrogen) atoms. The van der Waals surface area contributed by atoms with Gasteiger partial charge < -0.3 is 9.84 Å². The normalized spacial score (nSPS) is 11.8. The topological polar surface area (TPSA) is 80.9 Å². The molecule has 0 saturated carbocycles. The van der Waals surface area contributed by atoms with Crippen LogP contribution in [0, 0.1) is 6.92 Å². The fourth-order valence-electron chi connectivity index (χ4n) is 3.10. The van der Waals surface area contributed by atoms with E-state index in [4.69, 9.17) is 4.52 Å². The van der Waals surface area contributed by atoms with Gasteiger partial charge in [-0.05, 0) is 36.2 Å². The minimum atomic E-state index is -0.345. The van der Waals surface area contributed by atoms with Gasteiger partial charge in [-0.3, -0.25) is 14.8 Å². The van der Waals surface area contributed by atoms with Crippen molar-refractivity contribution in [2.24, 2.45) is 0 Å². The highest BCUT2D eigenvalue weighted by Gasteiger charge is 2.25. The van der Waals surface area contributed by atoms with Crippen LogP contribution in [0.4, 0.5) is 0 Å². The zero-order chi connectivity index (χ0) is 19.3. The van der Waals surface area contributed by atoms with E-state index in [1.165, 1.54) is 0 Å². The number of rotatable bonds is 5. The number of hydrogen-bond donors (Lipinski definition) is 1. The van der Waals surface area contributed by atoms with E-state index in [0.717, 1.165) is 16.7 Å². The molecular weight excluding hydrogens is 352 g/mol. The van der Waals surface area contributed by atoms with Crippen molar-refractivity contribution in [1.82, 2.24) is 20.4 Å². The second-order valence-electron chi connectivity index (χ2n) is 6.30. The molecule has 0 aliphatic carbocycles. The molecule has 6 nitrogen and oxygen atoms in total. The summed E-state index contributed by atoms with van der Waals surface area (Å²) in [6.07, 6.45) is 6.77. The molecule has 6 heteroatoms. The number of nitrogens with one attached hydrogen (secondary N) is 1. The van der Waals surface area contributed by atoms with Crippen LogP contribution in [0.25, 0.3) is 11.3 Å². The second kappa shape index (κ2) is 7.84. The highest BCUT2D eigenvalue weighted by atomic mass is 16.5. The Hall–Kier alpha value is -3.80. The van der Waals surface area contributed by atoms with E-state index in [0.29, 0.717) is 17.0 Å². The lowest BCUT2D eigenvalue weighted by Crippen LogP contribution is -2.30. The molecular formula is C22H18N4O2. The van der Waals surface area contributed by atoms with Crippen LogP contribution < -0.4 is 5.32 Å². The van der Waals surface area contributed by atoms with Crippen LogP contribution in [0.15, 0.2) is 83.9 Å². The van der Waals surface area contributed by atoms with E-state index in [2.05, 4.69) is 20.4 Å². The number of benzene rings is 1. The Kier molecular flexibility index (Phi) is 4.93. The van der Waals surface area contributed by atoms with Gasteiger partial charge in [0.1, 0.15) is 17.0 Å². The van der Waals surface area contributed by atoms with Gasteiger partial charge in [-0.2, -0.15) is 0 Å². The maximum atomic E-state index is 13.2. The number of hydrogen-bond acceptors (Lipinski definition) is 5. The summed E-state index contributed by atoms with van der Waals surface area (Å²) in [5, 5.41) is 7.19. The van der Waals surface area contributed by atoms with Crippen molar-refractivity contribution in [2.75, 3.05) is 0 Å². The summed E-state index contributed by atoms with van der Waals surface area (Å²) in [6.45, 7) is 1.73. The van der Waals surface area contributed by atoms with E-state index in [1.807, 2.05) is 42.5 Å². The lowest BCUT2D eigenvalue weighted by Gasteiger charge is -2.19. The van der Waals surface area contributed by atoms with Gasteiger partial charge in [0, 0.05) is 30.4 Å². The van der Waals surface area contributed by atoms with E-state index in [9.17, 15) is 4.79 Å². The molecule has 3 heterocycles. The summed E-state index contributed by atoms with van der Waals surface area (Å²) in [5.41, 5.74) is 3.53. The maximum absolute atomic E-state index is 13.2. The van der Waals surface area contributed by atoms with Crippen molar-refractivity contribution in [3.8, 4) is 11.3 Å². The Balaban J connectivity index is 1.71. The lowest BCUT2D eigenvalue weighted by molar-refractivity contribution is 0.0942. The minimum Gasteiger partial charge on any atom is -0.360 e. The van der Waals surface area contributed by atoms with E-state index in [-0.39, 0.29) is 11.9 Å². The van der Waals surface area contributed by atoms with Crippen molar-refractivity contribution in [1.29, 1.82) is 0 Å². The smallest absolute Gasteiger partial charge is 0.257 e. The maximum Gasteiger partial charge on any atom is 0.257 e. The first-order valence-electron chi connectivity index (χ1n) is 8.86. The number of pyridine rings is 2. The van der Waals surface area contributed by atoms with Gasteiger partial charge in [-0.25, -0.2) is 0 Å². The highest BCUT2D eigenvalue weighted by molar-refractivity contribution is 6.01. The van der Waals surface area contributed by atoms with Gasteiger partial charge in [0.05, 0.1) is 6.04 Å². The SMILES string of the molecule is Cc1onc(-c2ccncc2)c1C(=O)NC(c1ccccc1)c1cccnc1. The number of nitrogens with zero attached hydrogens (tertiary/aromatic N) is 3. The molecule has 1 atom stereocenters. The fourth-order valence-corrected chi connectivity index (χ4v) is 3.10. The van der Waals surface area contributed by atoms with Gasteiger partial charge in [0.2, 0.25) is 0 Å². The largest absolute Gasteiger partial charge is 0.360 e. The molecule has 1 amide bonds. The first-order chi connectivity index (χ1) is 13.7. The summed E-state index contributed by atoms with van der Waals surface area (Å²) >= 11 is 0. The van der Waals surface area contributed by atoms with Crippen molar-refractivity contribution in [3.05, 3.63) is 102 Å². The van der Waals surface area contributed by atoms with Crippen molar-refractivity contribution < 1.29 is 9.32 Å². The number of amides is 1. The zero-order valence-electron chi connectivity index (χ0n) is 15.2. The van der Waals surface area contributed by atoms with Crippen LogP contribution in [0.5, 0.6) is 0 Å². The molecule has 1 N–H and O–H groups in total. The first kappa shape index (κ1) is 17.6. The van der Waals surface area contributed by atoms with Crippen LogP contribution in [0.2, 0.25) is 0 Å². The molecule has 0 aliphatic heterocycles. The predicted molar refractivity (Wildman–Crippen MR) is 104 cm³/mol. The van der Waals surface area contributed by atoms with Crippen LogP contribution >= 0.6 is 0 Å². The average molecular weight is 370 g/mol. The third-order valence-corrected chi connectivity index (χ3v) is 4.47.